The van der Waals surface area contributed by atoms with Crippen molar-refractivity contribution >= 4 is 5.69 Å². The van der Waals surface area contributed by atoms with Crippen LogP contribution < -0.4 is 11.5 Å². The van der Waals surface area contributed by atoms with Crippen LogP contribution in [0.15, 0.2) is 24.3 Å². The minimum atomic E-state index is -0.258. The van der Waals surface area contributed by atoms with Gasteiger partial charge < -0.3 is 26.8 Å². The van der Waals surface area contributed by atoms with Gasteiger partial charge in [0.15, 0.2) is 0 Å². The zero-order chi connectivity index (χ0) is 14.0. The maximum atomic E-state index is 8.89. The van der Waals surface area contributed by atoms with Crippen molar-refractivity contribution in [1.29, 1.82) is 0 Å². The van der Waals surface area contributed by atoms with Crippen molar-refractivity contribution in [2.45, 2.75) is 25.3 Å². The lowest BCUT2D eigenvalue weighted by Gasteiger charge is -2.13. The van der Waals surface area contributed by atoms with Crippen LogP contribution in [0.4, 0.5) is 5.69 Å². The molecule has 0 radical (unpaired) electrons. The molecule has 18 heavy (non-hydrogen) atoms. The van der Waals surface area contributed by atoms with Crippen LogP contribution >= 0.6 is 0 Å². The van der Waals surface area contributed by atoms with Crippen LogP contribution in [0.3, 0.4) is 0 Å². The van der Waals surface area contributed by atoms with Crippen molar-refractivity contribution in [2.75, 3.05) is 25.6 Å². The van der Waals surface area contributed by atoms with Gasteiger partial charge in [-0.2, -0.15) is 0 Å². The molecule has 5 heteroatoms. The van der Waals surface area contributed by atoms with Crippen LogP contribution in [0.25, 0.3) is 0 Å². The number of hydrogen-bond acceptors (Lipinski definition) is 5. The monoisotopic (exact) mass is 256 g/mol. The van der Waals surface area contributed by atoms with Gasteiger partial charge in [-0.05, 0) is 18.1 Å². The van der Waals surface area contributed by atoms with Crippen LogP contribution in [0.1, 0.15) is 24.8 Å². The van der Waals surface area contributed by atoms with E-state index >= 15 is 0 Å². The van der Waals surface area contributed by atoms with E-state index in [1.54, 1.807) is 6.07 Å². The van der Waals surface area contributed by atoms with E-state index < -0.39 is 0 Å². The predicted octanol–water partition coefficient (Wildman–Crippen LogP) is 0.0530. The van der Waals surface area contributed by atoms with Gasteiger partial charge in [0.1, 0.15) is 0 Å². The van der Waals surface area contributed by atoms with Gasteiger partial charge in [-0.1, -0.05) is 25.1 Å². The zero-order valence-electron chi connectivity index (χ0n) is 10.8. The van der Waals surface area contributed by atoms with Crippen molar-refractivity contribution in [3.05, 3.63) is 29.8 Å². The molecule has 0 saturated carbocycles. The highest BCUT2D eigenvalue weighted by Crippen LogP contribution is 2.20. The first-order valence-electron chi connectivity index (χ1n) is 6.03. The molecule has 0 fully saturated rings. The van der Waals surface area contributed by atoms with Crippen molar-refractivity contribution in [3.8, 4) is 0 Å². The van der Waals surface area contributed by atoms with Crippen molar-refractivity contribution in [2.24, 2.45) is 5.73 Å². The van der Waals surface area contributed by atoms with Gasteiger partial charge in [0.2, 0.25) is 0 Å². The Morgan fingerprint density at radius 1 is 1.06 bits per heavy atom. The summed E-state index contributed by atoms with van der Waals surface area (Å²) in [6.45, 7) is 1.90. The summed E-state index contributed by atoms with van der Waals surface area (Å²) in [6.07, 6.45) is 0.858. The largest absolute Gasteiger partial charge is 0.398 e. The van der Waals surface area contributed by atoms with E-state index in [1.165, 1.54) is 0 Å². The molecule has 7 N–H and O–H groups in total. The molecule has 0 heterocycles. The number of hydrogen-bond donors (Lipinski definition) is 5. The molecular weight excluding hydrogens is 232 g/mol. The minimum Gasteiger partial charge on any atom is -0.398 e. The second-order valence-corrected chi connectivity index (χ2v) is 4.04. The fourth-order valence-corrected chi connectivity index (χ4v) is 1.27. The van der Waals surface area contributed by atoms with Gasteiger partial charge in [-0.15, -0.1) is 0 Å². The smallest absolute Gasteiger partial charge is 0.0582 e. The Hall–Kier alpha value is -1.14. The number of nitrogens with two attached hydrogens (primary N) is 2. The van der Waals surface area contributed by atoms with Gasteiger partial charge >= 0.3 is 0 Å². The summed E-state index contributed by atoms with van der Waals surface area (Å²) < 4.78 is 0. The van der Waals surface area contributed by atoms with Crippen LogP contribution in [0.2, 0.25) is 0 Å². The summed E-state index contributed by atoms with van der Waals surface area (Å²) in [5.74, 6) is -0.258. The molecule has 5 nitrogen and oxygen atoms in total. The zero-order valence-corrected chi connectivity index (χ0v) is 10.8. The van der Waals surface area contributed by atoms with Crippen LogP contribution in [-0.2, 0) is 0 Å². The predicted molar refractivity (Wildman–Crippen MR) is 73.1 cm³/mol. The van der Waals surface area contributed by atoms with E-state index in [4.69, 9.17) is 26.8 Å². The molecular formula is C13H24N2O3. The number of anilines is 1. The van der Waals surface area contributed by atoms with E-state index in [2.05, 4.69) is 0 Å². The molecule has 0 aromatic heterocycles. The SMILES string of the molecule is CCC(N)CO.Nc1ccccc1C(CO)CO. The highest BCUT2D eigenvalue weighted by molar-refractivity contribution is 5.48. The van der Waals surface area contributed by atoms with Gasteiger partial charge in [0.05, 0.1) is 19.8 Å². The summed E-state index contributed by atoms with van der Waals surface area (Å²) in [6, 6.07) is 7.22. The summed E-state index contributed by atoms with van der Waals surface area (Å²) in [7, 11) is 0. The number of rotatable bonds is 5. The van der Waals surface area contributed by atoms with Crippen LogP contribution in [0.5, 0.6) is 0 Å². The number of para-hydroxylation sites is 1. The average Bonchev–Trinajstić information content (AvgIpc) is 2.42. The van der Waals surface area contributed by atoms with Crippen LogP contribution in [-0.4, -0.2) is 41.2 Å². The van der Waals surface area contributed by atoms with Crippen LogP contribution in [0, 0.1) is 0 Å². The first-order valence-corrected chi connectivity index (χ1v) is 6.03. The normalized spacial score (nSPS) is 11.9. The molecule has 0 aliphatic carbocycles. The lowest BCUT2D eigenvalue weighted by atomic mass is 9.99. The second kappa shape index (κ2) is 9.85. The third kappa shape index (κ3) is 5.97. The Labute approximate surface area is 108 Å². The standard InChI is InChI=1S/C9H13NO2.C4H11NO/c10-9-4-2-1-3-8(9)7(5-11)6-12;1-2-4(5)3-6/h1-4,7,11-12H,5-6,10H2;4,6H,2-3,5H2,1H3. The molecule has 1 aromatic carbocycles. The Kier molecular flexibility index (Phi) is 9.22. The first-order chi connectivity index (χ1) is 8.60. The lowest BCUT2D eigenvalue weighted by molar-refractivity contribution is 0.193. The van der Waals surface area contributed by atoms with E-state index in [0.717, 1.165) is 12.0 Å². The number of benzene rings is 1. The summed E-state index contributed by atoms with van der Waals surface area (Å²) in [4.78, 5) is 0. The summed E-state index contributed by atoms with van der Waals surface area (Å²) >= 11 is 0. The third-order valence-corrected chi connectivity index (χ3v) is 2.64. The fourth-order valence-electron chi connectivity index (χ4n) is 1.27. The number of aliphatic hydroxyl groups excluding tert-OH is 3. The molecule has 0 bridgehead atoms. The Morgan fingerprint density at radius 3 is 1.94 bits per heavy atom. The van der Waals surface area contributed by atoms with Gasteiger partial charge in [-0.25, -0.2) is 0 Å². The van der Waals surface area contributed by atoms with E-state index in [0.29, 0.717) is 5.69 Å². The molecule has 1 rings (SSSR count). The molecule has 104 valence electrons. The molecule has 0 spiro atoms. The van der Waals surface area contributed by atoms with E-state index in [9.17, 15) is 0 Å². The fraction of sp³-hybridized carbons (Fsp3) is 0.538. The molecule has 0 amide bonds. The molecule has 0 aliphatic heterocycles. The molecule has 0 aliphatic rings. The summed E-state index contributed by atoms with van der Waals surface area (Å²) in [5, 5.41) is 26.0. The molecule has 1 aromatic rings. The maximum absolute atomic E-state index is 8.89. The van der Waals surface area contributed by atoms with Crippen molar-refractivity contribution in [3.63, 3.8) is 0 Å². The maximum Gasteiger partial charge on any atom is 0.0582 e. The number of aliphatic hydroxyl groups is 3. The first kappa shape index (κ1) is 16.9. The summed E-state index contributed by atoms with van der Waals surface area (Å²) in [5.41, 5.74) is 12.3. The Balaban J connectivity index is 0.000000411. The van der Waals surface area contributed by atoms with Crippen molar-refractivity contribution < 1.29 is 15.3 Å². The van der Waals surface area contributed by atoms with E-state index in [-0.39, 0.29) is 31.8 Å². The highest BCUT2D eigenvalue weighted by atomic mass is 16.3. The molecule has 1 unspecified atom stereocenters. The molecule has 1 atom stereocenters. The average molecular weight is 256 g/mol. The molecule has 0 saturated heterocycles. The topological polar surface area (TPSA) is 113 Å². The second-order valence-electron chi connectivity index (χ2n) is 4.04. The quantitative estimate of drug-likeness (QED) is 0.478. The highest BCUT2D eigenvalue weighted by Gasteiger charge is 2.10. The van der Waals surface area contributed by atoms with Gasteiger partial charge in [0, 0.05) is 17.6 Å². The lowest BCUT2D eigenvalue weighted by Crippen LogP contribution is -2.22. The van der Waals surface area contributed by atoms with E-state index in [1.807, 2.05) is 25.1 Å². The van der Waals surface area contributed by atoms with Gasteiger partial charge in [0.25, 0.3) is 0 Å². The Morgan fingerprint density at radius 2 is 1.61 bits per heavy atom. The Bertz CT molecular complexity index is 313. The minimum absolute atomic E-state index is 0.00926. The third-order valence-electron chi connectivity index (χ3n) is 2.64. The van der Waals surface area contributed by atoms with Gasteiger partial charge in [-0.3, -0.25) is 0 Å². The van der Waals surface area contributed by atoms with Crippen molar-refractivity contribution in [1.82, 2.24) is 0 Å². The number of nitrogen functional groups attached to an aromatic ring is 1.